The lowest BCUT2D eigenvalue weighted by molar-refractivity contribution is 0.415. The van der Waals surface area contributed by atoms with Crippen molar-refractivity contribution >= 4 is 9.84 Å². The molecule has 1 heterocycles. The highest BCUT2D eigenvalue weighted by atomic mass is 32.2. The van der Waals surface area contributed by atoms with Gasteiger partial charge in [-0.15, -0.1) is 0 Å². The Kier molecular flexibility index (Phi) is 4.20. The van der Waals surface area contributed by atoms with Gasteiger partial charge in [0.15, 0.2) is 9.84 Å². The molecular formula is C19H19NO3S. The van der Waals surface area contributed by atoms with E-state index in [1.165, 1.54) is 6.26 Å². The molecule has 124 valence electrons. The first-order valence-corrected chi connectivity index (χ1v) is 9.42. The third-order valence-electron chi connectivity index (χ3n) is 3.92. The van der Waals surface area contributed by atoms with Crippen molar-refractivity contribution in [3.05, 3.63) is 60.3 Å². The second kappa shape index (κ2) is 6.17. The van der Waals surface area contributed by atoms with E-state index in [9.17, 15) is 8.42 Å². The quantitative estimate of drug-likeness (QED) is 0.778. The van der Waals surface area contributed by atoms with Crippen LogP contribution < -0.4 is 4.74 Å². The molecule has 0 amide bonds. The lowest BCUT2D eigenvalue weighted by atomic mass is 10.0. The van der Waals surface area contributed by atoms with Gasteiger partial charge in [0, 0.05) is 17.5 Å². The number of hydrogen-bond donors (Lipinski definition) is 1. The molecule has 0 aliphatic carbocycles. The van der Waals surface area contributed by atoms with E-state index in [1.807, 2.05) is 43.3 Å². The number of H-pyrrole nitrogens is 1. The molecule has 0 aliphatic heterocycles. The minimum absolute atomic E-state index is 0.320. The van der Waals surface area contributed by atoms with E-state index in [1.54, 1.807) is 19.2 Å². The average Bonchev–Trinajstić information content (AvgIpc) is 2.96. The Hall–Kier alpha value is -2.53. The number of methoxy groups -OCH3 is 1. The zero-order chi connectivity index (χ0) is 17.3. The van der Waals surface area contributed by atoms with Crippen LogP contribution in [-0.4, -0.2) is 26.8 Å². The van der Waals surface area contributed by atoms with E-state index < -0.39 is 9.84 Å². The molecule has 2 aromatic carbocycles. The second-order valence-corrected chi connectivity index (χ2v) is 7.78. The van der Waals surface area contributed by atoms with Crippen LogP contribution in [0.1, 0.15) is 5.69 Å². The fourth-order valence-electron chi connectivity index (χ4n) is 2.68. The molecule has 0 atom stereocenters. The van der Waals surface area contributed by atoms with Gasteiger partial charge in [-0.1, -0.05) is 24.3 Å². The molecule has 0 aliphatic rings. The zero-order valence-corrected chi connectivity index (χ0v) is 14.6. The summed E-state index contributed by atoms with van der Waals surface area (Å²) in [6.07, 6.45) is 1.21. The number of aromatic nitrogens is 1. The first-order valence-electron chi connectivity index (χ1n) is 7.53. The van der Waals surface area contributed by atoms with Gasteiger partial charge in [0.1, 0.15) is 5.75 Å². The van der Waals surface area contributed by atoms with Crippen LogP contribution in [0.3, 0.4) is 0 Å². The Morgan fingerprint density at radius 1 is 0.917 bits per heavy atom. The molecule has 4 nitrogen and oxygen atoms in total. The Balaban J connectivity index is 2.05. The molecule has 0 radical (unpaired) electrons. The average molecular weight is 341 g/mol. The second-order valence-electron chi connectivity index (χ2n) is 5.77. The summed E-state index contributed by atoms with van der Waals surface area (Å²) in [5, 5.41) is 0. The number of ether oxygens (including phenoxy) is 1. The number of aryl methyl sites for hydroxylation is 1. The standard InChI is InChI=1S/C19H19NO3S/c1-13-12-18(14-4-8-16(23-2)9-5-14)19(20-13)15-6-10-17(11-7-15)24(3,21)22/h4-12,20H,1-3H3. The van der Waals surface area contributed by atoms with E-state index in [4.69, 9.17) is 4.74 Å². The summed E-state index contributed by atoms with van der Waals surface area (Å²) < 4.78 is 28.4. The summed E-state index contributed by atoms with van der Waals surface area (Å²) in [6, 6.07) is 16.9. The number of benzene rings is 2. The molecule has 0 fully saturated rings. The van der Waals surface area contributed by atoms with Gasteiger partial charge in [-0.25, -0.2) is 8.42 Å². The lowest BCUT2D eigenvalue weighted by Gasteiger charge is -2.07. The van der Waals surface area contributed by atoms with E-state index >= 15 is 0 Å². The van der Waals surface area contributed by atoms with E-state index in [0.29, 0.717) is 4.90 Å². The minimum Gasteiger partial charge on any atom is -0.497 e. The highest BCUT2D eigenvalue weighted by molar-refractivity contribution is 7.90. The minimum atomic E-state index is -3.19. The predicted molar refractivity (Wildman–Crippen MR) is 96.1 cm³/mol. The summed E-state index contributed by atoms with van der Waals surface area (Å²) in [5.74, 6) is 0.810. The third kappa shape index (κ3) is 3.21. The van der Waals surface area contributed by atoms with Crippen molar-refractivity contribution in [2.45, 2.75) is 11.8 Å². The van der Waals surface area contributed by atoms with Gasteiger partial charge in [0.05, 0.1) is 17.7 Å². The van der Waals surface area contributed by atoms with Crippen molar-refractivity contribution in [3.63, 3.8) is 0 Å². The number of sulfone groups is 1. The maximum Gasteiger partial charge on any atom is 0.175 e. The van der Waals surface area contributed by atoms with Gasteiger partial charge < -0.3 is 9.72 Å². The topological polar surface area (TPSA) is 59.2 Å². The molecular weight excluding hydrogens is 322 g/mol. The number of hydrogen-bond acceptors (Lipinski definition) is 3. The maximum absolute atomic E-state index is 11.6. The Bertz CT molecular complexity index is 953. The molecule has 0 unspecified atom stereocenters. The predicted octanol–water partition coefficient (Wildman–Crippen LogP) is 4.07. The van der Waals surface area contributed by atoms with Crippen molar-refractivity contribution in [1.82, 2.24) is 4.98 Å². The molecule has 1 N–H and O–H groups in total. The van der Waals surface area contributed by atoms with Gasteiger partial charge >= 0.3 is 0 Å². The number of aromatic amines is 1. The smallest absolute Gasteiger partial charge is 0.175 e. The SMILES string of the molecule is COc1ccc(-c2cc(C)[nH]c2-c2ccc(S(C)(=O)=O)cc2)cc1. The summed E-state index contributed by atoms with van der Waals surface area (Å²) in [5.41, 5.74) is 5.10. The molecule has 24 heavy (non-hydrogen) atoms. The van der Waals surface area contributed by atoms with E-state index in [-0.39, 0.29) is 0 Å². The normalized spacial score (nSPS) is 11.5. The monoisotopic (exact) mass is 341 g/mol. The van der Waals surface area contributed by atoms with Crippen LogP contribution in [0, 0.1) is 6.92 Å². The van der Waals surface area contributed by atoms with Gasteiger partial charge in [-0.2, -0.15) is 0 Å². The summed E-state index contributed by atoms with van der Waals surface area (Å²) in [4.78, 5) is 3.69. The van der Waals surface area contributed by atoms with Gasteiger partial charge in [0.2, 0.25) is 0 Å². The Morgan fingerprint density at radius 3 is 2.04 bits per heavy atom. The Labute approximate surface area is 142 Å². The van der Waals surface area contributed by atoms with Crippen LogP contribution in [0.2, 0.25) is 0 Å². The van der Waals surface area contributed by atoms with Crippen molar-refractivity contribution in [3.8, 4) is 28.1 Å². The molecule has 5 heteroatoms. The molecule has 0 saturated heterocycles. The lowest BCUT2D eigenvalue weighted by Crippen LogP contribution is -1.96. The van der Waals surface area contributed by atoms with Crippen molar-refractivity contribution in [2.24, 2.45) is 0 Å². The van der Waals surface area contributed by atoms with Crippen LogP contribution >= 0.6 is 0 Å². The largest absolute Gasteiger partial charge is 0.497 e. The Morgan fingerprint density at radius 2 is 1.50 bits per heavy atom. The third-order valence-corrected chi connectivity index (χ3v) is 5.05. The molecule has 3 rings (SSSR count). The maximum atomic E-state index is 11.6. The van der Waals surface area contributed by atoms with Gasteiger partial charge in [-0.3, -0.25) is 0 Å². The van der Waals surface area contributed by atoms with Crippen LogP contribution in [0.15, 0.2) is 59.5 Å². The van der Waals surface area contributed by atoms with Crippen LogP contribution in [-0.2, 0) is 9.84 Å². The van der Waals surface area contributed by atoms with Gasteiger partial charge in [0.25, 0.3) is 0 Å². The van der Waals surface area contributed by atoms with E-state index in [0.717, 1.165) is 33.8 Å². The summed E-state index contributed by atoms with van der Waals surface area (Å²) in [6.45, 7) is 2.00. The fourth-order valence-corrected chi connectivity index (χ4v) is 3.31. The first kappa shape index (κ1) is 16.3. The number of rotatable bonds is 4. The van der Waals surface area contributed by atoms with Crippen molar-refractivity contribution in [2.75, 3.05) is 13.4 Å². The molecule has 1 aromatic heterocycles. The van der Waals surface area contributed by atoms with Crippen molar-refractivity contribution in [1.29, 1.82) is 0 Å². The molecule has 0 spiro atoms. The highest BCUT2D eigenvalue weighted by Gasteiger charge is 2.12. The molecule has 3 aromatic rings. The number of nitrogens with one attached hydrogen (secondary N) is 1. The fraction of sp³-hybridized carbons (Fsp3) is 0.158. The highest BCUT2D eigenvalue weighted by Crippen LogP contribution is 2.33. The summed E-state index contributed by atoms with van der Waals surface area (Å²) in [7, 11) is -1.55. The van der Waals surface area contributed by atoms with Crippen LogP contribution in [0.5, 0.6) is 5.75 Å². The zero-order valence-electron chi connectivity index (χ0n) is 13.8. The molecule has 0 saturated carbocycles. The van der Waals surface area contributed by atoms with Crippen molar-refractivity contribution < 1.29 is 13.2 Å². The van der Waals surface area contributed by atoms with Crippen LogP contribution in [0.4, 0.5) is 0 Å². The van der Waals surface area contributed by atoms with Crippen LogP contribution in [0.25, 0.3) is 22.4 Å². The van der Waals surface area contributed by atoms with Gasteiger partial charge in [-0.05, 0) is 48.4 Å². The summed E-state index contributed by atoms with van der Waals surface area (Å²) >= 11 is 0. The molecule has 0 bridgehead atoms. The van der Waals surface area contributed by atoms with E-state index in [2.05, 4.69) is 11.1 Å². The first-order chi connectivity index (χ1) is 11.4.